The molecule has 0 aliphatic carbocycles. The number of hydrogen-bond donors (Lipinski definition) is 1. The van der Waals surface area contributed by atoms with Crippen molar-refractivity contribution in [1.82, 2.24) is 29.6 Å². The van der Waals surface area contributed by atoms with Crippen molar-refractivity contribution in [1.29, 1.82) is 0 Å². The molecule has 1 spiro atoms. The minimum atomic E-state index is -0.0251. The SMILES string of the molecule is CCCn1c(C)nnc1CN1CCc2[nH]cnc2C12CCOCC2. The van der Waals surface area contributed by atoms with Crippen LogP contribution in [0.2, 0.25) is 0 Å². The molecule has 2 aromatic heterocycles. The predicted octanol–water partition coefficient (Wildman–Crippen LogP) is 1.78. The highest BCUT2D eigenvalue weighted by Gasteiger charge is 2.46. The lowest BCUT2D eigenvalue weighted by atomic mass is 9.80. The molecule has 0 radical (unpaired) electrons. The third-order valence-electron chi connectivity index (χ3n) is 5.51. The zero-order valence-corrected chi connectivity index (χ0v) is 14.6. The number of imidazole rings is 1. The number of nitrogens with zero attached hydrogens (tertiary/aromatic N) is 5. The molecule has 24 heavy (non-hydrogen) atoms. The Morgan fingerprint density at radius 1 is 1.29 bits per heavy atom. The van der Waals surface area contributed by atoms with Gasteiger partial charge in [-0.05, 0) is 26.2 Å². The van der Waals surface area contributed by atoms with Crippen LogP contribution in [0, 0.1) is 6.92 Å². The van der Waals surface area contributed by atoms with Crippen molar-refractivity contribution in [2.24, 2.45) is 0 Å². The van der Waals surface area contributed by atoms with Crippen LogP contribution >= 0.6 is 0 Å². The van der Waals surface area contributed by atoms with Crippen LogP contribution in [0.1, 0.15) is 49.2 Å². The molecule has 0 saturated carbocycles. The van der Waals surface area contributed by atoms with Crippen LogP contribution < -0.4 is 0 Å². The standard InChI is InChI=1S/C17H26N6O/c1-3-7-23-13(2)20-21-15(23)11-22-8-4-14-16(19-12-18-14)17(22)5-9-24-10-6-17/h12H,3-11H2,1-2H3,(H,18,19). The molecule has 4 heterocycles. The Labute approximate surface area is 142 Å². The minimum absolute atomic E-state index is 0.0251. The number of ether oxygens (including phenoxy) is 1. The van der Waals surface area contributed by atoms with Crippen LogP contribution in [0.25, 0.3) is 0 Å². The number of hydrogen-bond acceptors (Lipinski definition) is 5. The molecular formula is C17H26N6O. The van der Waals surface area contributed by atoms with E-state index < -0.39 is 0 Å². The molecule has 1 N–H and O–H groups in total. The van der Waals surface area contributed by atoms with E-state index >= 15 is 0 Å². The lowest BCUT2D eigenvalue weighted by Crippen LogP contribution is -2.53. The Balaban J connectivity index is 1.67. The molecule has 1 saturated heterocycles. The van der Waals surface area contributed by atoms with Gasteiger partial charge in [0.05, 0.1) is 24.1 Å². The smallest absolute Gasteiger partial charge is 0.147 e. The van der Waals surface area contributed by atoms with Crippen molar-refractivity contribution in [2.75, 3.05) is 19.8 Å². The van der Waals surface area contributed by atoms with Gasteiger partial charge in [0, 0.05) is 38.4 Å². The van der Waals surface area contributed by atoms with E-state index in [0.29, 0.717) is 0 Å². The van der Waals surface area contributed by atoms with Crippen molar-refractivity contribution < 1.29 is 4.74 Å². The number of fused-ring (bicyclic) bond motifs is 2. The van der Waals surface area contributed by atoms with Gasteiger partial charge < -0.3 is 14.3 Å². The van der Waals surface area contributed by atoms with E-state index in [2.05, 4.69) is 31.6 Å². The van der Waals surface area contributed by atoms with Crippen molar-refractivity contribution in [2.45, 2.75) is 58.2 Å². The summed E-state index contributed by atoms with van der Waals surface area (Å²) in [5.41, 5.74) is 2.48. The summed E-state index contributed by atoms with van der Waals surface area (Å²) >= 11 is 0. The maximum atomic E-state index is 5.66. The molecule has 0 bridgehead atoms. The average molecular weight is 330 g/mol. The molecule has 0 aromatic carbocycles. The fourth-order valence-electron chi connectivity index (χ4n) is 4.24. The summed E-state index contributed by atoms with van der Waals surface area (Å²) in [7, 11) is 0. The topological polar surface area (TPSA) is 71.9 Å². The summed E-state index contributed by atoms with van der Waals surface area (Å²) in [6, 6.07) is 0. The van der Waals surface area contributed by atoms with Crippen LogP contribution in [0.3, 0.4) is 0 Å². The first-order chi connectivity index (χ1) is 11.7. The second-order valence-electron chi connectivity index (χ2n) is 6.86. The first-order valence-electron chi connectivity index (χ1n) is 8.99. The number of aromatic amines is 1. The van der Waals surface area contributed by atoms with E-state index in [-0.39, 0.29) is 5.54 Å². The maximum absolute atomic E-state index is 5.66. The van der Waals surface area contributed by atoms with E-state index in [1.807, 2.05) is 13.3 Å². The Bertz CT molecular complexity index is 700. The highest BCUT2D eigenvalue weighted by molar-refractivity contribution is 5.26. The zero-order chi connectivity index (χ0) is 16.6. The molecule has 130 valence electrons. The molecule has 2 aliphatic rings. The summed E-state index contributed by atoms with van der Waals surface area (Å²) in [6.45, 7) is 8.65. The molecule has 2 aromatic rings. The lowest BCUT2D eigenvalue weighted by molar-refractivity contribution is -0.0464. The van der Waals surface area contributed by atoms with E-state index in [4.69, 9.17) is 9.72 Å². The predicted molar refractivity (Wildman–Crippen MR) is 89.5 cm³/mol. The molecule has 1 fully saturated rings. The van der Waals surface area contributed by atoms with Crippen molar-refractivity contribution in [3.63, 3.8) is 0 Å². The van der Waals surface area contributed by atoms with Gasteiger partial charge in [0.15, 0.2) is 0 Å². The molecule has 7 nitrogen and oxygen atoms in total. The van der Waals surface area contributed by atoms with Crippen LogP contribution in [-0.4, -0.2) is 49.4 Å². The highest BCUT2D eigenvalue weighted by Crippen LogP contribution is 2.42. The van der Waals surface area contributed by atoms with Gasteiger partial charge in [-0.25, -0.2) is 4.98 Å². The molecule has 2 aliphatic heterocycles. The Hall–Kier alpha value is -1.73. The quantitative estimate of drug-likeness (QED) is 0.925. The molecule has 7 heteroatoms. The van der Waals surface area contributed by atoms with Gasteiger partial charge >= 0.3 is 0 Å². The monoisotopic (exact) mass is 330 g/mol. The normalized spacial score (nSPS) is 20.4. The first kappa shape index (κ1) is 15.8. The van der Waals surface area contributed by atoms with Crippen LogP contribution in [-0.2, 0) is 29.8 Å². The molecule has 0 amide bonds. The number of aryl methyl sites for hydroxylation is 1. The largest absolute Gasteiger partial charge is 0.381 e. The van der Waals surface area contributed by atoms with Crippen LogP contribution in [0.4, 0.5) is 0 Å². The number of rotatable bonds is 4. The Kier molecular flexibility index (Phi) is 4.14. The Morgan fingerprint density at radius 3 is 2.92 bits per heavy atom. The number of H-pyrrole nitrogens is 1. The summed E-state index contributed by atoms with van der Waals surface area (Å²) in [5.74, 6) is 2.07. The third kappa shape index (κ3) is 2.46. The van der Waals surface area contributed by atoms with Gasteiger partial charge in [-0.3, -0.25) is 4.90 Å². The first-order valence-corrected chi connectivity index (χ1v) is 8.99. The van der Waals surface area contributed by atoms with E-state index in [0.717, 1.165) is 70.2 Å². The van der Waals surface area contributed by atoms with Gasteiger partial charge in [0.1, 0.15) is 11.6 Å². The number of aromatic nitrogens is 5. The fourth-order valence-corrected chi connectivity index (χ4v) is 4.24. The third-order valence-corrected chi connectivity index (χ3v) is 5.51. The highest BCUT2D eigenvalue weighted by atomic mass is 16.5. The zero-order valence-electron chi connectivity index (χ0n) is 14.6. The molecular weight excluding hydrogens is 304 g/mol. The van der Waals surface area contributed by atoms with Gasteiger partial charge in [-0.15, -0.1) is 10.2 Å². The molecule has 0 atom stereocenters. The lowest BCUT2D eigenvalue weighted by Gasteiger charge is -2.48. The van der Waals surface area contributed by atoms with Crippen molar-refractivity contribution in [3.05, 3.63) is 29.4 Å². The van der Waals surface area contributed by atoms with E-state index in [9.17, 15) is 0 Å². The maximum Gasteiger partial charge on any atom is 0.147 e. The second kappa shape index (κ2) is 6.29. The van der Waals surface area contributed by atoms with Gasteiger partial charge in [-0.2, -0.15) is 0 Å². The van der Waals surface area contributed by atoms with Gasteiger partial charge in [-0.1, -0.05) is 6.92 Å². The molecule has 0 unspecified atom stereocenters. The van der Waals surface area contributed by atoms with Crippen molar-refractivity contribution >= 4 is 0 Å². The van der Waals surface area contributed by atoms with E-state index in [1.54, 1.807) is 0 Å². The molecule has 4 rings (SSSR count). The van der Waals surface area contributed by atoms with Gasteiger partial charge in [0.2, 0.25) is 0 Å². The number of nitrogens with one attached hydrogen (secondary N) is 1. The van der Waals surface area contributed by atoms with Crippen LogP contribution in [0.15, 0.2) is 6.33 Å². The average Bonchev–Trinajstić information content (AvgIpc) is 3.21. The Morgan fingerprint density at radius 2 is 2.12 bits per heavy atom. The summed E-state index contributed by atoms with van der Waals surface area (Å²) in [6.07, 6.45) is 5.93. The summed E-state index contributed by atoms with van der Waals surface area (Å²) in [4.78, 5) is 10.6. The van der Waals surface area contributed by atoms with Gasteiger partial charge in [0.25, 0.3) is 0 Å². The fraction of sp³-hybridized carbons (Fsp3) is 0.706. The van der Waals surface area contributed by atoms with E-state index in [1.165, 1.54) is 11.4 Å². The van der Waals surface area contributed by atoms with Crippen LogP contribution in [0.5, 0.6) is 0 Å². The van der Waals surface area contributed by atoms with Crippen molar-refractivity contribution in [3.8, 4) is 0 Å². The minimum Gasteiger partial charge on any atom is -0.381 e. The summed E-state index contributed by atoms with van der Waals surface area (Å²) in [5, 5.41) is 8.77. The summed E-state index contributed by atoms with van der Waals surface area (Å²) < 4.78 is 7.91. The second-order valence-corrected chi connectivity index (χ2v) is 6.86.